The molecule has 3 aromatic rings. The van der Waals surface area contributed by atoms with E-state index in [2.05, 4.69) is 22.0 Å². The number of hydrogen-bond donors (Lipinski definition) is 3. The van der Waals surface area contributed by atoms with E-state index < -0.39 is 12.0 Å². The van der Waals surface area contributed by atoms with Crippen LogP contribution in [0.5, 0.6) is 0 Å². The lowest BCUT2D eigenvalue weighted by atomic mass is 10.1. The maximum Gasteiger partial charge on any atom is 0.432 e. The van der Waals surface area contributed by atoms with Gasteiger partial charge in [-0.15, -0.1) is 0 Å². The molecule has 122 valence electrons. The van der Waals surface area contributed by atoms with Crippen molar-refractivity contribution in [2.24, 2.45) is 0 Å². The summed E-state index contributed by atoms with van der Waals surface area (Å²) in [5.41, 5.74) is 2.09. The van der Waals surface area contributed by atoms with Crippen LogP contribution in [-0.2, 0) is 4.79 Å². The van der Waals surface area contributed by atoms with Gasteiger partial charge >= 0.3 is 6.09 Å². The Labute approximate surface area is 145 Å². The van der Waals surface area contributed by atoms with Crippen molar-refractivity contribution in [3.63, 3.8) is 0 Å². The van der Waals surface area contributed by atoms with Crippen molar-refractivity contribution in [3.05, 3.63) is 47.4 Å². The highest BCUT2D eigenvalue weighted by Crippen LogP contribution is 2.41. The van der Waals surface area contributed by atoms with Gasteiger partial charge in [0.15, 0.2) is 0 Å². The van der Waals surface area contributed by atoms with E-state index >= 15 is 0 Å². The number of halogens is 2. The molecule has 1 aromatic carbocycles. The minimum Gasteiger partial charge on any atom is -0.463 e. The van der Waals surface area contributed by atoms with Gasteiger partial charge in [0.05, 0.1) is 27.4 Å². The van der Waals surface area contributed by atoms with Crippen LogP contribution in [0, 0.1) is 0 Å². The van der Waals surface area contributed by atoms with Crippen molar-refractivity contribution in [3.8, 4) is 11.1 Å². The Balaban J connectivity index is 2.25. The summed E-state index contributed by atoms with van der Waals surface area (Å²) in [7, 11) is 0. The molecule has 0 spiro atoms. The second-order valence-corrected chi connectivity index (χ2v) is 5.61. The van der Waals surface area contributed by atoms with Crippen molar-refractivity contribution < 1.29 is 14.7 Å². The summed E-state index contributed by atoms with van der Waals surface area (Å²) >= 11 is 12.3. The molecule has 0 aliphatic carbocycles. The van der Waals surface area contributed by atoms with E-state index in [0.29, 0.717) is 32.7 Å². The molecule has 0 bridgehead atoms. The van der Waals surface area contributed by atoms with Crippen molar-refractivity contribution in [1.82, 2.24) is 14.8 Å². The predicted molar refractivity (Wildman–Crippen MR) is 91.8 cm³/mol. The third-order valence-electron chi connectivity index (χ3n) is 3.38. The van der Waals surface area contributed by atoms with Crippen molar-refractivity contribution in [1.29, 1.82) is 0 Å². The summed E-state index contributed by atoms with van der Waals surface area (Å²) in [6.07, 6.45) is 4.32. The zero-order valence-corrected chi connectivity index (χ0v) is 13.5. The lowest BCUT2D eigenvalue weighted by Gasteiger charge is -2.09. The third kappa shape index (κ3) is 2.64. The number of amides is 1. The van der Waals surface area contributed by atoms with E-state index in [0.717, 1.165) is 10.8 Å². The van der Waals surface area contributed by atoms with Gasteiger partial charge in [0.25, 0.3) is 0 Å². The van der Waals surface area contributed by atoms with Gasteiger partial charge < -0.3 is 15.4 Å². The van der Waals surface area contributed by atoms with Crippen LogP contribution in [0.4, 0.5) is 10.5 Å². The van der Waals surface area contributed by atoms with Crippen molar-refractivity contribution in [2.45, 2.75) is 0 Å². The average Bonchev–Trinajstić information content (AvgIpc) is 3.18. The van der Waals surface area contributed by atoms with Crippen molar-refractivity contribution in [2.75, 3.05) is 5.32 Å². The molecule has 0 aliphatic heterocycles. The van der Waals surface area contributed by atoms with Gasteiger partial charge in [0.1, 0.15) is 0 Å². The van der Waals surface area contributed by atoms with E-state index in [-0.39, 0.29) is 5.02 Å². The molecular weight excluding hydrogens is 355 g/mol. The number of carboxylic acid groups (broad SMARTS) is 1. The highest BCUT2D eigenvalue weighted by Gasteiger charge is 2.18. The number of rotatable bonds is 3. The lowest BCUT2D eigenvalue weighted by Crippen LogP contribution is -2.08. The maximum atomic E-state index is 11.7. The number of benzene rings is 1. The maximum absolute atomic E-state index is 11.7. The molecule has 0 aliphatic rings. The number of fused-ring (bicyclic) bond motifs is 1. The highest BCUT2D eigenvalue weighted by atomic mass is 35.5. The van der Waals surface area contributed by atoms with E-state index in [4.69, 9.17) is 28.3 Å². The molecule has 0 atom stereocenters. The second-order valence-electron chi connectivity index (χ2n) is 4.82. The summed E-state index contributed by atoms with van der Waals surface area (Å²) in [6.45, 7) is 3.41. The topological polar surface area (TPSA) is 100 Å². The molecule has 0 saturated carbocycles. The monoisotopic (exact) mass is 364 g/mol. The zero-order chi connectivity index (χ0) is 17.4. The number of H-pyrrole nitrogens is 1. The number of hydrogen-bond acceptors (Lipinski definition) is 3. The van der Waals surface area contributed by atoms with Crippen LogP contribution < -0.4 is 5.32 Å². The second kappa shape index (κ2) is 6.03. The molecule has 0 unspecified atom stereocenters. The van der Waals surface area contributed by atoms with Gasteiger partial charge in [-0.1, -0.05) is 29.8 Å². The highest BCUT2D eigenvalue weighted by molar-refractivity contribution is 6.46. The summed E-state index contributed by atoms with van der Waals surface area (Å²) in [6, 6.07) is 1.52. The first kappa shape index (κ1) is 16.1. The Bertz CT molecular complexity index is 990. The molecule has 3 rings (SSSR count). The van der Waals surface area contributed by atoms with Crippen LogP contribution in [0.1, 0.15) is 0 Å². The number of aromatic nitrogens is 3. The summed E-state index contributed by atoms with van der Waals surface area (Å²) in [4.78, 5) is 25.6. The van der Waals surface area contributed by atoms with Gasteiger partial charge in [-0.2, -0.15) is 9.78 Å². The number of nitrogens with zero attached hydrogens (tertiary/aromatic N) is 2. The average molecular weight is 365 g/mol. The van der Waals surface area contributed by atoms with E-state index in [1.165, 1.54) is 18.5 Å². The third-order valence-corrected chi connectivity index (χ3v) is 4.17. The van der Waals surface area contributed by atoms with Gasteiger partial charge in [-0.3, -0.25) is 4.79 Å². The minimum atomic E-state index is -1.21. The standard InChI is InChI=1S/C15H10Cl2N4O3/c1-2-11(22)20-10-3-9(16)13(17)14-12(10)8(5-18-14)7-4-19-21(6-7)15(23)24/h2-6,18H,1H2,(H,20,22)(H,23,24). The normalized spacial score (nSPS) is 10.8. The van der Waals surface area contributed by atoms with Gasteiger partial charge in [0.2, 0.25) is 5.91 Å². The Kier molecular flexibility index (Phi) is 4.04. The van der Waals surface area contributed by atoms with Crippen LogP contribution in [0.25, 0.3) is 22.0 Å². The fourth-order valence-corrected chi connectivity index (χ4v) is 2.74. The molecule has 7 nitrogen and oxygen atoms in total. The smallest absolute Gasteiger partial charge is 0.432 e. The van der Waals surface area contributed by atoms with Gasteiger partial charge in [-0.05, 0) is 12.1 Å². The van der Waals surface area contributed by atoms with Crippen molar-refractivity contribution >= 4 is 51.8 Å². The van der Waals surface area contributed by atoms with Crippen LogP contribution in [0.2, 0.25) is 10.0 Å². The van der Waals surface area contributed by atoms with Crippen LogP contribution >= 0.6 is 23.2 Å². The number of nitrogens with one attached hydrogen (secondary N) is 2. The first-order chi connectivity index (χ1) is 11.4. The van der Waals surface area contributed by atoms with Gasteiger partial charge in [-0.25, -0.2) is 4.79 Å². The molecular formula is C15H10Cl2N4O3. The molecule has 24 heavy (non-hydrogen) atoms. The summed E-state index contributed by atoms with van der Waals surface area (Å²) in [5.74, 6) is -0.414. The molecule has 0 fully saturated rings. The Hall–Kier alpha value is -2.77. The number of carbonyl (C=O) groups excluding carboxylic acids is 1. The quantitative estimate of drug-likeness (QED) is 0.611. The Morgan fingerprint density at radius 1 is 1.42 bits per heavy atom. The molecule has 0 radical (unpaired) electrons. The van der Waals surface area contributed by atoms with Crippen LogP contribution in [-0.4, -0.2) is 31.9 Å². The Morgan fingerprint density at radius 3 is 2.79 bits per heavy atom. The Morgan fingerprint density at radius 2 is 2.17 bits per heavy atom. The molecule has 3 N–H and O–H groups in total. The molecule has 2 aromatic heterocycles. The van der Waals surface area contributed by atoms with E-state index in [1.54, 1.807) is 6.20 Å². The molecule has 9 heteroatoms. The summed E-state index contributed by atoms with van der Waals surface area (Å²) in [5, 5.41) is 16.6. The first-order valence-corrected chi connectivity index (χ1v) is 7.38. The largest absolute Gasteiger partial charge is 0.463 e. The number of carbonyl (C=O) groups is 2. The number of anilines is 1. The van der Waals surface area contributed by atoms with Crippen LogP contribution in [0.15, 0.2) is 37.3 Å². The zero-order valence-electron chi connectivity index (χ0n) is 12.0. The van der Waals surface area contributed by atoms with E-state index in [1.807, 2.05) is 0 Å². The molecule has 1 amide bonds. The SMILES string of the molecule is C=CC(=O)Nc1cc(Cl)c(Cl)c2[nH]cc(-c3cnn(C(=O)O)c3)c12. The fraction of sp³-hybridized carbons (Fsp3) is 0. The first-order valence-electron chi connectivity index (χ1n) is 6.63. The lowest BCUT2D eigenvalue weighted by molar-refractivity contribution is -0.111. The minimum absolute atomic E-state index is 0.262. The van der Waals surface area contributed by atoms with Gasteiger partial charge in [0, 0.05) is 28.9 Å². The van der Waals surface area contributed by atoms with Crippen LogP contribution in [0.3, 0.4) is 0 Å². The summed E-state index contributed by atoms with van der Waals surface area (Å²) < 4.78 is 0.785. The number of aromatic amines is 1. The molecule has 0 saturated heterocycles. The predicted octanol–water partition coefficient (Wildman–Crippen LogP) is 3.99. The molecule has 2 heterocycles. The van der Waals surface area contributed by atoms with E-state index in [9.17, 15) is 9.59 Å². The fourth-order valence-electron chi connectivity index (χ4n) is 2.33.